The van der Waals surface area contributed by atoms with Crippen molar-refractivity contribution in [2.45, 2.75) is 33.2 Å². The largest absolute Gasteiger partial charge is 0.444 e. The Bertz CT molecular complexity index is 481. The van der Waals surface area contributed by atoms with Crippen molar-refractivity contribution in [1.29, 1.82) is 0 Å². The molecule has 1 aliphatic rings. The Balaban J connectivity index is 0.00000288. The zero-order valence-corrected chi connectivity index (χ0v) is 17.3. The van der Waals surface area contributed by atoms with Crippen molar-refractivity contribution >= 4 is 29.9 Å². The minimum Gasteiger partial charge on any atom is -0.444 e. The van der Waals surface area contributed by atoms with Crippen molar-refractivity contribution in [2.75, 3.05) is 46.4 Å². The molecule has 0 aromatic carbocycles. The lowest BCUT2D eigenvalue weighted by Crippen LogP contribution is -2.38. The fourth-order valence-corrected chi connectivity index (χ4v) is 2.49. The molecule has 0 radical (unpaired) electrons. The Morgan fingerprint density at radius 3 is 2.58 bits per heavy atom. The number of nitrogens with zero attached hydrogens (tertiary/aromatic N) is 3. The van der Waals surface area contributed by atoms with E-state index in [0.717, 1.165) is 63.2 Å². The number of unbranched alkanes of at least 4 members (excludes halogenated alkanes) is 1. The number of guanidine groups is 1. The van der Waals surface area contributed by atoms with E-state index in [1.807, 2.05) is 13.8 Å². The number of hydrogen-bond donors (Lipinski definition) is 2. The molecule has 0 bridgehead atoms. The van der Waals surface area contributed by atoms with Gasteiger partial charge in [-0.1, -0.05) is 0 Å². The molecule has 0 amide bonds. The van der Waals surface area contributed by atoms with Gasteiger partial charge in [-0.2, -0.15) is 0 Å². The van der Waals surface area contributed by atoms with Crippen molar-refractivity contribution in [3.63, 3.8) is 0 Å². The third-order valence-electron chi connectivity index (χ3n) is 4.00. The molecule has 1 aromatic heterocycles. The number of oxazole rings is 1. The summed E-state index contributed by atoms with van der Waals surface area (Å²) in [4.78, 5) is 11.0. The van der Waals surface area contributed by atoms with Crippen molar-refractivity contribution in [1.82, 2.24) is 20.5 Å². The Kier molecular flexibility index (Phi) is 10.3. The summed E-state index contributed by atoms with van der Waals surface area (Å²) < 4.78 is 10.9. The molecule has 1 aromatic rings. The van der Waals surface area contributed by atoms with Gasteiger partial charge in [0.25, 0.3) is 0 Å². The van der Waals surface area contributed by atoms with E-state index in [1.165, 1.54) is 6.42 Å². The van der Waals surface area contributed by atoms with E-state index in [0.29, 0.717) is 12.4 Å². The number of nitrogens with one attached hydrogen (secondary N) is 2. The number of aryl methyl sites for hydroxylation is 2. The fraction of sp³-hybridized carbons (Fsp3) is 0.750. The van der Waals surface area contributed by atoms with E-state index in [9.17, 15) is 0 Å². The molecule has 0 aliphatic carbocycles. The first-order valence-corrected chi connectivity index (χ1v) is 8.36. The van der Waals surface area contributed by atoms with Crippen LogP contribution in [0.3, 0.4) is 0 Å². The lowest BCUT2D eigenvalue weighted by Gasteiger charge is -2.26. The molecule has 1 aliphatic heterocycles. The minimum absolute atomic E-state index is 0. The second-order valence-electron chi connectivity index (χ2n) is 5.76. The van der Waals surface area contributed by atoms with Gasteiger partial charge in [0.15, 0.2) is 5.96 Å². The number of aromatic nitrogens is 1. The molecule has 2 rings (SSSR count). The fourth-order valence-electron chi connectivity index (χ4n) is 2.49. The number of halogens is 1. The number of hydrogen-bond acceptors (Lipinski definition) is 5. The van der Waals surface area contributed by atoms with Crippen LogP contribution in [0.1, 0.15) is 30.2 Å². The Hall–Kier alpha value is -0.870. The summed E-state index contributed by atoms with van der Waals surface area (Å²) in [5, 5.41) is 6.55. The van der Waals surface area contributed by atoms with Gasteiger partial charge in [-0.15, -0.1) is 24.0 Å². The van der Waals surface area contributed by atoms with Crippen LogP contribution in [0.2, 0.25) is 0 Å². The van der Waals surface area contributed by atoms with E-state index in [2.05, 4.69) is 25.5 Å². The monoisotopic (exact) mass is 451 g/mol. The molecule has 1 fully saturated rings. The molecule has 8 heteroatoms. The summed E-state index contributed by atoms with van der Waals surface area (Å²) in [5.74, 6) is 2.34. The van der Waals surface area contributed by atoms with Gasteiger partial charge in [-0.25, -0.2) is 4.98 Å². The highest BCUT2D eigenvalue weighted by molar-refractivity contribution is 14.0. The Morgan fingerprint density at radius 2 is 1.96 bits per heavy atom. The molecule has 24 heavy (non-hydrogen) atoms. The SMILES string of the molecule is CN=C(NCCCCN1CCOCC1)NCc1nc(C)c(C)o1.I. The summed E-state index contributed by atoms with van der Waals surface area (Å²) in [6.07, 6.45) is 2.30. The first-order valence-electron chi connectivity index (χ1n) is 8.36. The summed E-state index contributed by atoms with van der Waals surface area (Å²) >= 11 is 0. The van der Waals surface area contributed by atoms with E-state index in [-0.39, 0.29) is 24.0 Å². The third-order valence-corrected chi connectivity index (χ3v) is 4.00. The van der Waals surface area contributed by atoms with Gasteiger partial charge in [0.05, 0.1) is 25.5 Å². The van der Waals surface area contributed by atoms with E-state index in [4.69, 9.17) is 9.15 Å². The highest BCUT2D eigenvalue weighted by Gasteiger charge is 2.09. The van der Waals surface area contributed by atoms with Gasteiger partial charge in [-0.3, -0.25) is 9.89 Å². The maximum absolute atomic E-state index is 5.55. The van der Waals surface area contributed by atoms with Gasteiger partial charge < -0.3 is 19.8 Å². The number of morpholine rings is 1. The van der Waals surface area contributed by atoms with Gasteiger partial charge in [0.1, 0.15) is 5.76 Å². The average Bonchev–Trinajstić information content (AvgIpc) is 2.89. The predicted octanol–water partition coefficient (Wildman–Crippen LogP) is 1.69. The number of aliphatic imine (C=N–C) groups is 1. The second-order valence-corrected chi connectivity index (χ2v) is 5.76. The molecule has 0 saturated carbocycles. The van der Waals surface area contributed by atoms with Crippen LogP contribution in [0.15, 0.2) is 9.41 Å². The molecule has 138 valence electrons. The normalized spacial score (nSPS) is 15.9. The summed E-state index contributed by atoms with van der Waals surface area (Å²) in [5.41, 5.74) is 0.938. The molecule has 2 heterocycles. The summed E-state index contributed by atoms with van der Waals surface area (Å²) in [7, 11) is 1.77. The molecular weight excluding hydrogens is 421 g/mol. The van der Waals surface area contributed by atoms with Gasteiger partial charge >= 0.3 is 0 Å². The lowest BCUT2D eigenvalue weighted by molar-refractivity contribution is 0.0372. The third kappa shape index (κ3) is 7.35. The van der Waals surface area contributed by atoms with Crippen LogP contribution in [0, 0.1) is 13.8 Å². The number of rotatable bonds is 7. The van der Waals surface area contributed by atoms with Crippen LogP contribution < -0.4 is 10.6 Å². The quantitative estimate of drug-likeness (QED) is 0.285. The lowest BCUT2D eigenvalue weighted by atomic mass is 10.3. The zero-order valence-electron chi connectivity index (χ0n) is 14.9. The minimum atomic E-state index is 0. The van der Waals surface area contributed by atoms with E-state index >= 15 is 0 Å². The average molecular weight is 451 g/mol. The zero-order chi connectivity index (χ0) is 16.5. The first-order chi connectivity index (χ1) is 11.2. The van der Waals surface area contributed by atoms with Crippen molar-refractivity contribution < 1.29 is 9.15 Å². The van der Waals surface area contributed by atoms with Crippen LogP contribution in [0.4, 0.5) is 0 Å². The standard InChI is InChI=1S/C16H29N5O2.HI/c1-13-14(2)23-15(20-13)12-19-16(17-3)18-6-4-5-7-21-8-10-22-11-9-21;/h4-12H2,1-3H3,(H2,17,18,19);1H. The first kappa shape index (κ1) is 21.2. The highest BCUT2D eigenvalue weighted by atomic mass is 127. The van der Waals surface area contributed by atoms with Gasteiger partial charge in [-0.05, 0) is 33.2 Å². The highest BCUT2D eigenvalue weighted by Crippen LogP contribution is 2.07. The summed E-state index contributed by atoms with van der Waals surface area (Å²) in [6.45, 7) is 10.3. The Labute approximate surface area is 161 Å². The molecule has 0 unspecified atom stereocenters. The predicted molar refractivity (Wildman–Crippen MR) is 106 cm³/mol. The molecule has 7 nitrogen and oxygen atoms in total. The molecule has 0 spiro atoms. The van der Waals surface area contributed by atoms with Crippen molar-refractivity contribution in [2.24, 2.45) is 4.99 Å². The van der Waals surface area contributed by atoms with Gasteiger partial charge in [0.2, 0.25) is 5.89 Å². The van der Waals surface area contributed by atoms with Crippen molar-refractivity contribution in [3.05, 3.63) is 17.3 Å². The Morgan fingerprint density at radius 1 is 1.21 bits per heavy atom. The molecular formula is C16H30IN5O2. The molecule has 1 saturated heterocycles. The number of ether oxygens (including phenoxy) is 1. The van der Waals surface area contributed by atoms with Crippen LogP contribution in [0.25, 0.3) is 0 Å². The van der Waals surface area contributed by atoms with Crippen LogP contribution in [-0.4, -0.2) is 62.3 Å². The second kappa shape index (κ2) is 11.6. The smallest absolute Gasteiger partial charge is 0.214 e. The van der Waals surface area contributed by atoms with Crippen LogP contribution >= 0.6 is 24.0 Å². The van der Waals surface area contributed by atoms with Crippen LogP contribution in [-0.2, 0) is 11.3 Å². The maximum atomic E-state index is 5.55. The van der Waals surface area contributed by atoms with Gasteiger partial charge in [0, 0.05) is 26.7 Å². The molecule has 2 N–H and O–H groups in total. The maximum Gasteiger partial charge on any atom is 0.214 e. The molecule has 0 atom stereocenters. The summed E-state index contributed by atoms with van der Waals surface area (Å²) in [6, 6.07) is 0. The topological polar surface area (TPSA) is 74.9 Å². The van der Waals surface area contributed by atoms with E-state index < -0.39 is 0 Å². The van der Waals surface area contributed by atoms with Crippen molar-refractivity contribution in [3.8, 4) is 0 Å². The van der Waals surface area contributed by atoms with E-state index in [1.54, 1.807) is 7.05 Å². The van der Waals surface area contributed by atoms with Crippen LogP contribution in [0.5, 0.6) is 0 Å².